The van der Waals surface area contributed by atoms with Gasteiger partial charge in [0.2, 0.25) is 0 Å². The summed E-state index contributed by atoms with van der Waals surface area (Å²) in [6.07, 6.45) is 0.912. The minimum Gasteiger partial charge on any atom is -0.358 e. The lowest BCUT2D eigenvalue weighted by atomic mass is 10.0. The standard InChI is InChI=1S/C23H27FN2O2S/c1-15-21(18-6-4-5-7-20(18)26-15)22-19(23(22,2)3)12-13-25-14-29(27,28)17-10-8-16(24)9-11-17/h4-11,19,22,25-26H,12-14H2,1-3H3/t19-,22-/m1/s1. The number of hydrogen-bond donors (Lipinski definition) is 2. The fourth-order valence-corrected chi connectivity index (χ4v) is 5.87. The number of rotatable bonds is 7. The molecule has 4 nitrogen and oxygen atoms in total. The average molecular weight is 415 g/mol. The maximum absolute atomic E-state index is 13.0. The molecule has 2 atom stereocenters. The van der Waals surface area contributed by atoms with Crippen molar-refractivity contribution < 1.29 is 12.8 Å². The summed E-state index contributed by atoms with van der Waals surface area (Å²) in [7, 11) is -3.46. The molecule has 1 aromatic heterocycles. The number of fused-ring (bicyclic) bond motifs is 1. The molecule has 4 rings (SSSR count). The van der Waals surface area contributed by atoms with E-state index in [0.29, 0.717) is 18.4 Å². The Morgan fingerprint density at radius 3 is 2.52 bits per heavy atom. The van der Waals surface area contributed by atoms with Crippen LogP contribution in [0.2, 0.25) is 0 Å². The van der Waals surface area contributed by atoms with Crippen molar-refractivity contribution in [1.82, 2.24) is 10.3 Å². The van der Waals surface area contributed by atoms with E-state index < -0.39 is 15.7 Å². The zero-order chi connectivity index (χ0) is 20.8. The molecule has 3 aromatic rings. The summed E-state index contributed by atoms with van der Waals surface area (Å²) in [5.41, 5.74) is 3.98. The highest BCUT2D eigenvalue weighted by Gasteiger charge is 2.58. The average Bonchev–Trinajstić information content (AvgIpc) is 3.03. The van der Waals surface area contributed by atoms with Crippen molar-refractivity contribution in [1.29, 1.82) is 0 Å². The maximum atomic E-state index is 13.0. The van der Waals surface area contributed by atoms with Gasteiger partial charge in [0.05, 0.1) is 4.90 Å². The van der Waals surface area contributed by atoms with Crippen molar-refractivity contribution >= 4 is 20.7 Å². The lowest BCUT2D eigenvalue weighted by molar-refractivity contribution is 0.516. The minimum absolute atomic E-state index is 0.136. The van der Waals surface area contributed by atoms with E-state index in [0.717, 1.165) is 6.42 Å². The van der Waals surface area contributed by atoms with Gasteiger partial charge in [-0.2, -0.15) is 0 Å². The second-order valence-electron chi connectivity index (χ2n) is 8.62. The molecule has 1 aliphatic rings. The van der Waals surface area contributed by atoms with Crippen LogP contribution >= 0.6 is 0 Å². The van der Waals surface area contributed by atoms with Crippen molar-refractivity contribution in [2.24, 2.45) is 11.3 Å². The van der Waals surface area contributed by atoms with Crippen LogP contribution in [-0.4, -0.2) is 25.8 Å². The van der Waals surface area contributed by atoms with Crippen LogP contribution in [0, 0.1) is 24.1 Å². The molecule has 1 heterocycles. The molecular weight excluding hydrogens is 387 g/mol. The molecule has 2 N–H and O–H groups in total. The molecular formula is C23H27FN2O2S. The Morgan fingerprint density at radius 1 is 1.10 bits per heavy atom. The highest BCUT2D eigenvalue weighted by atomic mass is 32.2. The van der Waals surface area contributed by atoms with E-state index in [9.17, 15) is 12.8 Å². The van der Waals surface area contributed by atoms with Gasteiger partial charge < -0.3 is 10.3 Å². The number of aromatic amines is 1. The Morgan fingerprint density at radius 2 is 1.79 bits per heavy atom. The summed E-state index contributed by atoms with van der Waals surface area (Å²) >= 11 is 0. The molecule has 1 fully saturated rings. The summed E-state index contributed by atoms with van der Waals surface area (Å²) in [5.74, 6) is 0.393. The van der Waals surface area contributed by atoms with E-state index in [-0.39, 0.29) is 16.2 Å². The molecule has 1 saturated carbocycles. The monoisotopic (exact) mass is 414 g/mol. The largest absolute Gasteiger partial charge is 0.358 e. The molecule has 6 heteroatoms. The zero-order valence-corrected chi connectivity index (χ0v) is 17.8. The first-order valence-electron chi connectivity index (χ1n) is 9.98. The molecule has 29 heavy (non-hydrogen) atoms. The van der Waals surface area contributed by atoms with Crippen LogP contribution in [0.5, 0.6) is 0 Å². The smallest absolute Gasteiger partial charge is 0.191 e. The molecule has 0 spiro atoms. The number of aromatic nitrogens is 1. The topological polar surface area (TPSA) is 62.0 Å². The van der Waals surface area contributed by atoms with Crippen LogP contribution in [0.3, 0.4) is 0 Å². The summed E-state index contributed by atoms with van der Waals surface area (Å²) in [6.45, 7) is 7.35. The van der Waals surface area contributed by atoms with Crippen LogP contribution in [0.25, 0.3) is 10.9 Å². The quantitative estimate of drug-likeness (QED) is 0.433. The van der Waals surface area contributed by atoms with Crippen molar-refractivity contribution in [3.8, 4) is 0 Å². The van der Waals surface area contributed by atoms with Crippen LogP contribution in [0.1, 0.15) is 37.4 Å². The van der Waals surface area contributed by atoms with Crippen molar-refractivity contribution in [3.05, 3.63) is 65.6 Å². The first-order valence-corrected chi connectivity index (χ1v) is 11.6. The van der Waals surface area contributed by atoms with Gasteiger partial charge in [0.25, 0.3) is 0 Å². The third-order valence-electron chi connectivity index (χ3n) is 6.40. The van der Waals surface area contributed by atoms with Gasteiger partial charge in [-0.25, -0.2) is 12.8 Å². The molecule has 0 aliphatic heterocycles. The Kier molecular flexibility index (Phi) is 5.03. The highest BCUT2D eigenvalue weighted by molar-refractivity contribution is 7.91. The number of sulfone groups is 1. The highest BCUT2D eigenvalue weighted by Crippen LogP contribution is 2.67. The second-order valence-corrected chi connectivity index (χ2v) is 10.6. The number of H-pyrrole nitrogens is 1. The molecule has 0 saturated heterocycles. The van der Waals surface area contributed by atoms with Gasteiger partial charge in [-0.15, -0.1) is 0 Å². The summed E-state index contributed by atoms with van der Waals surface area (Å²) in [5, 5.41) is 4.37. The fraction of sp³-hybridized carbons (Fsp3) is 0.391. The third-order valence-corrected chi connectivity index (χ3v) is 7.98. The van der Waals surface area contributed by atoms with Gasteiger partial charge >= 0.3 is 0 Å². The SMILES string of the molecule is Cc1[nH]c2ccccc2c1[C@H]1[C@@H](CCNCS(=O)(=O)c2ccc(F)cc2)C1(C)C. The Balaban J connectivity index is 1.39. The fourth-order valence-electron chi connectivity index (χ4n) is 4.74. The van der Waals surface area contributed by atoms with Crippen LogP contribution in [-0.2, 0) is 9.84 Å². The van der Waals surface area contributed by atoms with E-state index in [2.05, 4.69) is 49.3 Å². The van der Waals surface area contributed by atoms with Gasteiger partial charge in [0, 0.05) is 16.6 Å². The van der Waals surface area contributed by atoms with Gasteiger partial charge in [-0.3, -0.25) is 0 Å². The van der Waals surface area contributed by atoms with Crippen LogP contribution in [0.4, 0.5) is 4.39 Å². The van der Waals surface area contributed by atoms with Crippen LogP contribution in [0.15, 0.2) is 53.4 Å². The van der Waals surface area contributed by atoms with E-state index in [1.54, 1.807) is 0 Å². The Hall–Kier alpha value is -2.18. The molecule has 0 amide bonds. The van der Waals surface area contributed by atoms with E-state index >= 15 is 0 Å². The van der Waals surface area contributed by atoms with E-state index in [1.807, 2.05) is 6.07 Å². The van der Waals surface area contributed by atoms with Crippen molar-refractivity contribution in [3.63, 3.8) is 0 Å². The van der Waals surface area contributed by atoms with Gasteiger partial charge in [-0.05, 0) is 73.0 Å². The lowest BCUT2D eigenvalue weighted by Gasteiger charge is -2.07. The van der Waals surface area contributed by atoms with Crippen molar-refractivity contribution in [2.45, 2.75) is 38.0 Å². The minimum atomic E-state index is -3.46. The molecule has 0 unspecified atom stereocenters. The van der Waals surface area contributed by atoms with Crippen LogP contribution < -0.4 is 5.32 Å². The summed E-state index contributed by atoms with van der Waals surface area (Å²) < 4.78 is 37.8. The first kappa shape index (κ1) is 20.1. The number of para-hydroxylation sites is 1. The molecule has 154 valence electrons. The Bertz CT molecular complexity index is 1130. The first-order chi connectivity index (χ1) is 13.7. The number of halogens is 1. The normalized spacial score (nSPS) is 20.8. The summed E-state index contributed by atoms with van der Waals surface area (Å²) in [6, 6.07) is 13.4. The zero-order valence-electron chi connectivity index (χ0n) is 17.0. The number of aryl methyl sites for hydroxylation is 1. The van der Waals surface area contributed by atoms with Gasteiger partial charge in [-0.1, -0.05) is 32.0 Å². The van der Waals surface area contributed by atoms with Gasteiger partial charge in [0.1, 0.15) is 11.7 Å². The van der Waals surface area contributed by atoms with Gasteiger partial charge in [0.15, 0.2) is 9.84 Å². The lowest BCUT2D eigenvalue weighted by Crippen LogP contribution is -2.24. The van der Waals surface area contributed by atoms with E-state index in [4.69, 9.17) is 0 Å². The molecule has 2 aromatic carbocycles. The second kappa shape index (κ2) is 7.26. The van der Waals surface area contributed by atoms with E-state index in [1.165, 1.54) is 46.4 Å². The molecule has 0 bridgehead atoms. The third kappa shape index (κ3) is 3.71. The summed E-state index contributed by atoms with van der Waals surface area (Å²) in [4.78, 5) is 3.64. The number of benzene rings is 2. The predicted octanol–water partition coefficient (Wildman–Crippen LogP) is 4.77. The number of nitrogens with one attached hydrogen (secondary N) is 2. The maximum Gasteiger partial charge on any atom is 0.191 e. The number of hydrogen-bond acceptors (Lipinski definition) is 3. The molecule has 1 aliphatic carbocycles. The Labute approximate surface area is 171 Å². The predicted molar refractivity (Wildman–Crippen MR) is 114 cm³/mol. The van der Waals surface area contributed by atoms with Crippen molar-refractivity contribution in [2.75, 3.05) is 12.4 Å². The molecule has 0 radical (unpaired) electrons.